The number of aldehydes is 1. The fourth-order valence-corrected chi connectivity index (χ4v) is 0.943. The summed E-state index contributed by atoms with van der Waals surface area (Å²) in [5.41, 5.74) is 0. The summed E-state index contributed by atoms with van der Waals surface area (Å²) < 4.78 is 5.07. The van der Waals surface area contributed by atoms with Crippen molar-refractivity contribution in [3.8, 4) is 0 Å². The Balaban J connectivity index is 3.98. The van der Waals surface area contributed by atoms with Crippen LogP contribution >= 0.6 is 0 Å². The number of Topliss-reactive ketones (excluding diaryl/α,β-unsaturated/α-hetero) is 1. The molecule has 0 saturated heterocycles. The molecule has 0 amide bonds. The fraction of sp³-hybridized carbons (Fsp3) is 0.667. The van der Waals surface area contributed by atoms with E-state index < -0.39 is 24.3 Å². The van der Waals surface area contributed by atoms with Crippen molar-refractivity contribution in [2.75, 3.05) is 0 Å². The van der Waals surface area contributed by atoms with Gasteiger partial charge < -0.3 is 14.6 Å². The average molecular weight is 202 g/mol. The highest BCUT2D eigenvalue weighted by atomic mass is 16.5. The van der Waals surface area contributed by atoms with Crippen LogP contribution < -0.4 is 0 Å². The number of carboxylic acids is 1. The van der Waals surface area contributed by atoms with Crippen molar-refractivity contribution in [1.29, 1.82) is 0 Å². The van der Waals surface area contributed by atoms with Gasteiger partial charge in [-0.15, -0.1) is 0 Å². The van der Waals surface area contributed by atoms with E-state index in [0.717, 1.165) is 0 Å². The van der Waals surface area contributed by atoms with Gasteiger partial charge in [0.1, 0.15) is 24.6 Å². The van der Waals surface area contributed by atoms with Gasteiger partial charge in [-0.05, 0) is 13.8 Å². The Morgan fingerprint density at radius 3 is 2.36 bits per heavy atom. The van der Waals surface area contributed by atoms with Gasteiger partial charge in [-0.1, -0.05) is 0 Å². The lowest BCUT2D eigenvalue weighted by Crippen LogP contribution is -2.23. The Hall–Kier alpha value is -1.23. The van der Waals surface area contributed by atoms with E-state index in [4.69, 9.17) is 9.84 Å². The molecule has 1 atom stereocenters. The van der Waals surface area contributed by atoms with Crippen LogP contribution in [0.2, 0.25) is 0 Å². The van der Waals surface area contributed by atoms with Gasteiger partial charge in [0.2, 0.25) is 0 Å². The molecule has 0 aromatic rings. The average Bonchev–Trinajstić information content (AvgIpc) is 2.00. The standard InChI is InChI=1S/C9H14O5/c1-6(2)14-8(5-10)3-7(11)4-9(12)13/h5-6,8H,3-4H2,1-2H3,(H,12,13). The summed E-state index contributed by atoms with van der Waals surface area (Å²) in [5, 5.41) is 8.30. The molecule has 0 fully saturated rings. The molecule has 5 nitrogen and oxygen atoms in total. The van der Waals surface area contributed by atoms with Gasteiger partial charge in [0.05, 0.1) is 6.10 Å². The molecule has 0 bridgehead atoms. The summed E-state index contributed by atoms with van der Waals surface area (Å²) in [5.74, 6) is -1.69. The summed E-state index contributed by atoms with van der Waals surface area (Å²) in [6, 6.07) is 0. The SMILES string of the molecule is CC(C)OC(C=O)CC(=O)CC(=O)O. The van der Waals surface area contributed by atoms with E-state index in [9.17, 15) is 14.4 Å². The van der Waals surface area contributed by atoms with Crippen LogP contribution in [0.1, 0.15) is 26.7 Å². The van der Waals surface area contributed by atoms with Gasteiger partial charge in [0.25, 0.3) is 0 Å². The second kappa shape index (κ2) is 6.26. The van der Waals surface area contributed by atoms with E-state index in [0.29, 0.717) is 6.29 Å². The lowest BCUT2D eigenvalue weighted by Gasteiger charge is -2.13. The maximum atomic E-state index is 11.0. The number of hydrogen-bond acceptors (Lipinski definition) is 4. The van der Waals surface area contributed by atoms with E-state index >= 15 is 0 Å². The van der Waals surface area contributed by atoms with Crippen LogP contribution in [0.15, 0.2) is 0 Å². The molecule has 0 aliphatic rings. The highest BCUT2D eigenvalue weighted by molar-refractivity contribution is 5.95. The molecule has 0 aliphatic heterocycles. The Bertz CT molecular complexity index is 221. The lowest BCUT2D eigenvalue weighted by atomic mass is 10.1. The number of ether oxygens (including phenoxy) is 1. The van der Waals surface area contributed by atoms with Crippen molar-refractivity contribution in [2.45, 2.75) is 38.9 Å². The quantitative estimate of drug-likeness (QED) is 0.477. The fourth-order valence-electron chi connectivity index (χ4n) is 0.943. The Labute approximate surface area is 82.1 Å². The molecule has 0 spiro atoms. The van der Waals surface area contributed by atoms with E-state index in [2.05, 4.69) is 0 Å². The van der Waals surface area contributed by atoms with Crippen LogP contribution in [-0.4, -0.2) is 35.4 Å². The van der Waals surface area contributed by atoms with Gasteiger partial charge in [-0.3, -0.25) is 9.59 Å². The molecule has 0 aromatic carbocycles. The zero-order chi connectivity index (χ0) is 11.1. The van der Waals surface area contributed by atoms with Gasteiger partial charge in [-0.25, -0.2) is 0 Å². The number of hydrogen-bond donors (Lipinski definition) is 1. The van der Waals surface area contributed by atoms with Gasteiger partial charge in [0.15, 0.2) is 0 Å². The largest absolute Gasteiger partial charge is 0.481 e. The number of carboxylic acid groups (broad SMARTS) is 1. The molecule has 1 unspecified atom stereocenters. The molecule has 0 saturated carbocycles. The molecule has 0 aromatic heterocycles. The molecule has 0 heterocycles. The lowest BCUT2D eigenvalue weighted by molar-refractivity contribution is -0.142. The molecule has 1 N–H and O–H groups in total. The maximum Gasteiger partial charge on any atom is 0.310 e. The number of carbonyl (C=O) groups excluding carboxylic acids is 2. The molecule has 14 heavy (non-hydrogen) atoms. The molecule has 0 aliphatic carbocycles. The molecule has 0 rings (SSSR count). The first-order valence-electron chi connectivity index (χ1n) is 4.30. The minimum Gasteiger partial charge on any atom is -0.481 e. The summed E-state index contributed by atoms with van der Waals surface area (Å²) in [7, 11) is 0. The van der Waals surface area contributed by atoms with E-state index in [1.165, 1.54) is 0 Å². The molecule has 80 valence electrons. The van der Waals surface area contributed by atoms with Crippen LogP contribution in [0.25, 0.3) is 0 Å². The van der Waals surface area contributed by atoms with Crippen molar-refractivity contribution in [1.82, 2.24) is 0 Å². The maximum absolute atomic E-state index is 11.0. The monoisotopic (exact) mass is 202 g/mol. The third-order valence-electron chi connectivity index (χ3n) is 1.38. The third-order valence-corrected chi connectivity index (χ3v) is 1.38. The molecule has 0 radical (unpaired) electrons. The van der Waals surface area contributed by atoms with Crippen molar-refractivity contribution in [2.24, 2.45) is 0 Å². The number of carbonyl (C=O) groups is 3. The van der Waals surface area contributed by atoms with E-state index in [-0.39, 0.29) is 12.5 Å². The van der Waals surface area contributed by atoms with Gasteiger partial charge in [0, 0.05) is 6.42 Å². The Morgan fingerprint density at radius 2 is 2.00 bits per heavy atom. The van der Waals surface area contributed by atoms with Crippen LogP contribution in [-0.2, 0) is 19.1 Å². The zero-order valence-corrected chi connectivity index (χ0v) is 8.23. The number of aliphatic carboxylic acids is 1. The first kappa shape index (κ1) is 12.8. The third kappa shape index (κ3) is 6.30. The van der Waals surface area contributed by atoms with Crippen LogP contribution in [0.5, 0.6) is 0 Å². The van der Waals surface area contributed by atoms with E-state index in [1.807, 2.05) is 0 Å². The predicted molar refractivity (Wildman–Crippen MR) is 47.9 cm³/mol. The van der Waals surface area contributed by atoms with Crippen molar-refractivity contribution in [3.05, 3.63) is 0 Å². The molecular formula is C9H14O5. The molecule has 5 heteroatoms. The van der Waals surface area contributed by atoms with Crippen molar-refractivity contribution >= 4 is 18.0 Å². The Kier molecular flexibility index (Phi) is 5.71. The topological polar surface area (TPSA) is 80.7 Å². The first-order chi connectivity index (χ1) is 6.45. The van der Waals surface area contributed by atoms with Gasteiger partial charge in [-0.2, -0.15) is 0 Å². The summed E-state index contributed by atoms with van der Waals surface area (Å²) >= 11 is 0. The number of ketones is 1. The summed E-state index contributed by atoms with van der Waals surface area (Å²) in [6.07, 6.45) is -1.22. The van der Waals surface area contributed by atoms with Crippen LogP contribution in [0, 0.1) is 0 Å². The highest BCUT2D eigenvalue weighted by Crippen LogP contribution is 2.03. The van der Waals surface area contributed by atoms with Crippen LogP contribution in [0.4, 0.5) is 0 Å². The summed E-state index contributed by atoms with van der Waals surface area (Å²) in [6.45, 7) is 3.47. The minimum atomic E-state index is -1.19. The second-order valence-electron chi connectivity index (χ2n) is 3.17. The van der Waals surface area contributed by atoms with Gasteiger partial charge >= 0.3 is 5.97 Å². The first-order valence-corrected chi connectivity index (χ1v) is 4.30. The highest BCUT2D eigenvalue weighted by Gasteiger charge is 2.16. The second-order valence-corrected chi connectivity index (χ2v) is 3.17. The van der Waals surface area contributed by atoms with Crippen molar-refractivity contribution < 1.29 is 24.2 Å². The Morgan fingerprint density at radius 1 is 1.43 bits per heavy atom. The normalized spacial score (nSPS) is 12.5. The zero-order valence-electron chi connectivity index (χ0n) is 8.23. The molecular weight excluding hydrogens is 188 g/mol. The minimum absolute atomic E-state index is 0.164. The van der Waals surface area contributed by atoms with Crippen molar-refractivity contribution in [3.63, 3.8) is 0 Å². The van der Waals surface area contributed by atoms with Crippen LogP contribution in [0.3, 0.4) is 0 Å². The van der Waals surface area contributed by atoms with E-state index in [1.54, 1.807) is 13.8 Å². The smallest absolute Gasteiger partial charge is 0.310 e. The predicted octanol–water partition coefficient (Wildman–Crippen LogP) is 0.413. The number of rotatable bonds is 7. The summed E-state index contributed by atoms with van der Waals surface area (Å²) in [4.78, 5) is 31.6.